The first-order chi connectivity index (χ1) is 11.2. The maximum atomic E-state index is 12.7. The Hall–Kier alpha value is -2.13. The van der Waals surface area contributed by atoms with Gasteiger partial charge in [0.2, 0.25) is 5.89 Å². The fraction of sp³-hybridized carbons (Fsp3) is 0.467. The second kappa shape index (κ2) is 5.75. The number of carbonyl (C=O) groups excluding carboxylic acids is 1. The Morgan fingerprint density at radius 2 is 2.21 bits per heavy atom. The van der Waals surface area contributed by atoms with Crippen molar-refractivity contribution in [3.63, 3.8) is 0 Å². The summed E-state index contributed by atoms with van der Waals surface area (Å²) in [7, 11) is 0. The van der Waals surface area contributed by atoms with Crippen molar-refractivity contribution in [3.05, 3.63) is 29.7 Å². The number of nitrogens with zero attached hydrogens (tertiary/aromatic N) is 2. The average Bonchev–Trinajstić information content (AvgIpc) is 2.87. The van der Waals surface area contributed by atoms with Gasteiger partial charge in [0.15, 0.2) is 11.2 Å². The largest absolute Gasteiger partial charge is 0.439 e. The molecule has 0 spiro atoms. The van der Waals surface area contributed by atoms with E-state index >= 15 is 0 Å². The number of aromatic nitrogens is 1. The molecular weight excluding hydrogens is 327 g/mol. The van der Waals surface area contributed by atoms with Gasteiger partial charge < -0.3 is 15.3 Å². The van der Waals surface area contributed by atoms with Crippen LogP contribution in [0.25, 0.3) is 11.1 Å². The van der Waals surface area contributed by atoms with Gasteiger partial charge in [-0.2, -0.15) is 13.2 Å². The summed E-state index contributed by atoms with van der Waals surface area (Å²) in [4.78, 5) is 17.2. The molecular formula is C15H16F3N3O3. The number of β-amino-alcohol motifs (C(OH)–C–C–N with tert-alkyl or cyclic N) is 1. The number of alkyl halides is 3. The number of piperidine rings is 1. The highest BCUT2D eigenvalue weighted by Crippen LogP contribution is 2.31. The van der Waals surface area contributed by atoms with Gasteiger partial charge >= 0.3 is 6.18 Å². The van der Waals surface area contributed by atoms with Gasteiger partial charge in [-0.3, -0.25) is 9.69 Å². The van der Waals surface area contributed by atoms with Crippen molar-refractivity contribution < 1.29 is 27.5 Å². The molecule has 1 fully saturated rings. The number of benzene rings is 1. The lowest BCUT2D eigenvalue weighted by atomic mass is 9.92. The van der Waals surface area contributed by atoms with Crippen LogP contribution in [-0.2, 0) is 17.5 Å². The number of fused-ring (bicyclic) bond motifs is 1. The third-order valence-corrected chi connectivity index (χ3v) is 4.13. The Morgan fingerprint density at radius 1 is 1.46 bits per heavy atom. The highest BCUT2D eigenvalue weighted by Gasteiger charge is 2.39. The van der Waals surface area contributed by atoms with E-state index in [9.17, 15) is 23.1 Å². The summed E-state index contributed by atoms with van der Waals surface area (Å²) in [6.07, 6.45) is -3.60. The third-order valence-electron chi connectivity index (χ3n) is 4.13. The number of oxazole rings is 1. The smallest absolute Gasteiger partial charge is 0.416 e. The molecule has 6 nitrogen and oxygen atoms in total. The molecule has 1 amide bonds. The van der Waals surface area contributed by atoms with Crippen molar-refractivity contribution in [1.82, 2.24) is 9.88 Å². The zero-order chi connectivity index (χ0) is 17.5. The van der Waals surface area contributed by atoms with Gasteiger partial charge in [-0.1, -0.05) is 0 Å². The minimum absolute atomic E-state index is 0.0366. The number of aliphatic hydroxyl groups is 1. The van der Waals surface area contributed by atoms with Gasteiger partial charge in [0.05, 0.1) is 12.1 Å². The van der Waals surface area contributed by atoms with E-state index in [0.717, 1.165) is 12.1 Å². The molecule has 1 aromatic carbocycles. The van der Waals surface area contributed by atoms with Gasteiger partial charge in [0, 0.05) is 6.54 Å². The summed E-state index contributed by atoms with van der Waals surface area (Å²) in [6, 6.07) is 3.09. The molecule has 2 aromatic rings. The summed E-state index contributed by atoms with van der Waals surface area (Å²) < 4.78 is 43.6. The van der Waals surface area contributed by atoms with E-state index in [-0.39, 0.29) is 36.5 Å². The molecule has 1 atom stereocenters. The van der Waals surface area contributed by atoms with Crippen LogP contribution in [-0.4, -0.2) is 39.6 Å². The van der Waals surface area contributed by atoms with E-state index < -0.39 is 23.2 Å². The summed E-state index contributed by atoms with van der Waals surface area (Å²) in [5.41, 5.74) is 3.18. The summed E-state index contributed by atoms with van der Waals surface area (Å²) in [5, 5.41) is 10.2. The molecule has 130 valence electrons. The fourth-order valence-electron chi connectivity index (χ4n) is 2.87. The number of likely N-dealkylation sites (tertiary alicyclic amines) is 1. The zero-order valence-electron chi connectivity index (χ0n) is 12.6. The van der Waals surface area contributed by atoms with Crippen LogP contribution in [0, 0.1) is 0 Å². The van der Waals surface area contributed by atoms with Gasteiger partial charge in [-0.25, -0.2) is 4.98 Å². The summed E-state index contributed by atoms with van der Waals surface area (Å²) in [5.74, 6) is -0.572. The number of halogens is 3. The highest BCUT2D eigenvalue weighted by atomic mass is 19.4. The molecule has 0 unspecified atom stereocenters. The molecule has 9 heteroatoms. The Bertz CT molecular complexity index is 774. The fourth-order valence-corrected chi connectivity index (χ4v) is 2.87. The molecule has 0 radical (unpaired) electrons. The number of carbonyl (C=O) groups is 1. The van der Waals surface area contributed by atoms with Crippen molar-refractivity contribution in [2.24, 2.45) is 5.73 Å². The molecule has 0 bridgehead atoms. The minimum atomic E-state index is -4.45. The van der Waals surface area contributed by atoms with Crippen LogP contribution < -0.4 is 5.73 Å². The Balaban J connectivity index is 1.79. The third kappa shape index (κ3) is 3.22. The molecule has 1 saturated heterocycles. The van der Waals surface area contributed by atoms with Crippen molar-refractivity contribution in [1.29, 1.82) is 0 Å². The second-order valence-corrected chi connectivity index (χ2v) is 6.00. The lowest BCUT2D eigenvalue weighted by Crippen LogP contribution is -2.55. The Kier molecular flexibility index (Phi) is 4.00. The molecule has 1 aliphatic rings. The first-order valence-corrected chi connectivity index (χ1v) is 7.39. The van der Waals surface area contributed by atoms with Crippen LogP contribution >= 0.6 is 0 Å². The molecule has 24 heavy (non-hydrogen) atoms. The lowest BCUT2D eigenvalue weighted by Gasteiger charge is -2.36. The second-order valence-electron chi connectivity index (χ2n) is 6.00. The van der Waals surface area contributed by atoms with Crippen molar-refractivity contribution in [2.45, 2.75) is 31.2 Å². The molecule has 1 aliphatic heterocycles. The molecule has 1 aromatic heterocycles. The van der Waals surface area contributed by atoms with Crippen LogP contribution in [0.5, 0.6) is 0 Å². The maximum Gasteiger partial charge on any atom is 0.416 e. The average molecular weight is 343 g/mol. The SMILES string of the molecule is NC(=O)[C@]1(O)CCCN(Cc2nc3cc(C(F)(F)F)ccc3o2)C1. The van der Waals surface area contributed by atoms with Crippen LogP contribution in [0.15, 0.2) is 22.6 Å². The van der Waals surface area contributed by atoms with Crippen LogP contribution in [0.3, 0.4) is 0 Å². The van der Waals surface area contributed by atoms with E-state index in [0.29, 0.717) is 13.0 Å². The maximum absolute atomic E-state index is 12.7. The quantitative estimate of drug-likeness (QED) is 0.884. The molecule has 3 N–H and O–H groups in total. The van der Waals surface area contributed by atoms with Gasteiger partial charge in [-0.15, -0.1) is 0 Å². The first kappa shape index (κ1) is 16.7. The zero-order valence-corrected chi connectivity index (χ0v) is 12.6. The number of hydrogen-bond acceptors (Lipinski definition) is 5. The molecule has 3 rings (SSSR count). The van der Waals surface area contributed by atoms with Crippen molar-refractivity contribution in [3.8, 4) is 0 Å². The van der Waals surface area contributed by atoms with E-state index in [2.05, 4.69) is 4.98 Å². The monoisotopic (exact) mass is 343 g/mol. The Morgan fingerprint density at radius 3 is 2.88 bits per heavy atom. The van der Waals surface area contributed by atoms with E-state index in [1.54, 1.807) is 4.90 Å². The van der Waals surface area contributed by atoms with Gasteiger partial charge in [0.25, 0.3) is 5.91 Å². The minimum Gasteiger partial charge on any atom is -0.439 e. The lowest BCUT2D eigenvalue weighted by molar-refractivity contribution is -0.142. The highest BCUT2D eigenvalue weighted by molar-refractivity contribution is 5.83. The number of amides is 1. The molecule has 0 saturated carbocycles. The topological polar surface area (TPSA) is 92.6 Å². The van der Waals surface area contributed by atoms with Gasteiger partial charge in [0.1, 0.15) is 5.52 Å². The van der Waals surface area contributed by atoms with E-state index in [1.165, 1.54) is 6.07 Å². The summed E-state index contributed by atoms with van der Waals surface area (Å²) in [6.45, 7) is 0.808. The number of hydrogen-bond donors (Lipinski definition) is 2. The van der Waals surface area contributed by atoms with Crippen molar-refractivity contribution in [2.75, 3.05) is 13.1 Å². The van der Waals surface area contributed by atoms with Gasteiger partial charge in [-0.05, 0) is 37.6 Å². The number of rotatable bonds is 3. The number of nitrogens with two attached hydrogens (primary N) is 1. The number of primary amides is 1. The van der Waals surface area contributed by atoms with Crippen molar-refractivity contribution >= 4 is 17.0 Å². The normalized spacial score (nSPS) is 22.8. The molecule has 2 heterocycles. The van der Waals surface area contributed by atoms with Crippen LogP contribution in [0.4, 0.5) is 13.2 Å². The van der Waals surface area contributed by atoms with E-state index in [1.807, 2.05) is 0 Å². The molecule has 0 aliphatic carbocycles. The van der Waals surface area contributed by atoms with E-state index in [4.69, 9.17) is 10.2 Å². The summed E-state index contributed by atoms with van der Waals surface area (Å²) >= 11 is 0. The standard InChI is InChI=1S/C15H16F3N3O3/c16-15(17,18)9-2-3-11-10(6-9)20-12(24-11)7-21-5-1-4-14(23,8-21)13(19)22/h2-3,6,23H,1,4-5,7-8H2,(H2,19,22)/t14-/m0/s1. The predicted molar refractivity (Wildman–Crippen MR) is 77.7 cm³/mol. The van der Waals surface area contributed by atoms with Crippen LogP contribution in [0.2, 0.25) is 0 Å². The van der Waals surface area contributed by atoms with Crippen LogP contribution in [0.1, 0.15) is 24.3 Å². The predicted octanol–water partition coefficient (Wildman–Crippen LogP) is 1.66. The first-order valence-electron chi connectivity index (χ1n) is 7.39. The Labute approximate surface area is 135 Å².